The Morgan fingerprint density at radius 1 is 0.938 bits per heavy atom. The molecule has 0 saturated heterocycles. The third-order valence-electron chi connectivity index (χ3n) is 5.10. The van der Waals surface area contributed by atoms with Gasteiger partial charge in [0.25, 0.3) is 0 Å². The number of carbonyl (C=O) groups excluding carboxylic acids is 1. The highest BCUT2D eigenvalue weighted by Crippen LogP contribution is 2.17. The maximum Gasteiger partial charge on any atom is 0.342 e. The van der Waals surface area contributed by atoms with E-state index in [-0.39, 0.29) is 5.97 Å². The first-order chi connectivity index (χ1) is 15.4. The quantitative estimate of drug-likeness (QED) is 0.150. The molecule has 0 amide bonds. The maximum absolute atomic E-state index is 12.4. The fraction of sp³-hybridized carbons (Fsp3) is 0.643. The fourth-order valence-electron chi connectivity index (χ4n) is 3.36. The molecule has 0 aliphatic carbocycles. The van der Waals surface area contributed by atoms with Crippen LogP contribution in [0.5, 0.6) is 0 Å². The lowest BCUT2D eigenvalue weighted by molar-refractivity contribution is 0.00703. The number of unbranched alkanes of at least 4 members (excludes halogenated alkanes) is 9. The van der Waals surface area contributed by atoms with Gasteiger partial charge in [-0.15, -0.1) is 0 Å². The first kappa shape index (κ1) is 27.9. The van der Waals surface area contributed by atoms with Crippen LogP contribution in [-0.4, -0.2) is 23.1 Å². The SMILES string of the molecule is CCCCC/C=C\C/C=C\CCCCCCCCNc1ncccc1C(=O)OC(C)(C)C. The summed E-state index contributed by atoms with van der Waals surface area (Å²) in [6.45, 7) is 8.69. The number of carbonyl (C=O) groups is 1. The average Bonchev–Trinajstić information content (AvgIpc) is 2.75. The third-order valence-corrected chi connectivity index (χ3v) is 5.10. The summed E-state index contributed by atoms with van der Waals surface area (Å²) >= 11 is 0. The molecule has 4 heteroatoms. The van der Waals surface area contributed by atoms with Gasteiger partial charge in [0.2, 0.25) is 0 Å². The van der Waals surface area contributed by atoms with Crippen molar-refractivity contribution in [2.75, 3.05) is 11.9 Å². The summed E-state index contributed by atoms with van der Waals surface area (Å²) in [6.07, 6.45) is 25.8. The molecule has 0 radical (unpaired) electrons. The van der Waals surface area contributed by atoms with E-state index in [0.29, 0.717) is 11.4 Å². The standard InChI is InChI=1S/C28H46N2O2/c1-5-6-7-8-9-10-11-12-13-14-15-16-17-18-19-20-23-29-26-25(22-21-24-30-26)27(31)32-28(2,3)4/h9-10,12-13,21-22,24H,5-8,11,14-20,23H2,1-4H3,(H,29,30)/b10-9-,13-12-. The second kappa shape index (κ2) is 17.5. The van der Waals surface area contributed by atoms with Crippen molar-refractivity contribution in [2.45, 2.75) is 110 Å². The lowest BCUT2D eigenvalue weighted by atomic mass is 10.1. The van der Waals surface area contributed by atoms with E-state index in [9.17, 15) is 4.79 Å². The van der Waals surface area contributed by atoms with Gasteiger partial charge >= 0.3 is 5.97 Å². The Bertz CT molecular complexity index is 674. The molecule has 1 heterocycles. The third kappa shape index (κ3) is 14.8. The number of aromatic nitrogens is 1. The smallest absolute Gasteiger partial charge is 0.342 e. The zero-order valence-corrected chi connectivity index (χ0v) is 21.0. The van der Waals surface area contributed by atoms with Crippen molar-refractivity contribution in [2.24, 2.45) is 0 Å². The summed E-state index contributed by atoms with van der Waals surface area (Å²) in [4.78, 5) is 16.7. The molecule has 32 heavy (non-hydrogen) atoms. The Hall–Kier alpha value is -2.10. The topological polar surface area (TPSA) is 51.2 Å². The number of ether oxygens (including phenoxy) is 1. The molecule has 0 atom stereocenters. The van der Waals surface area contributed by atoms with Crippen molar-refractivity contribution in [3.05, 3.63) is 48.2 Å². The zero-order valence-electron chi connectivity index (χ0n) is 21.0. The maximum atomic E-state index is 12.4. The monoisotopic (exact) mass is 442 g/mol. The molecule has 1 N–H and O–H groups in total. The van der Waals surface area contributed by atoms with Crippen LogP contribution in [0.1, 0.15) is 115 Å². The molecule has 0 spiro atoms. The molecule has 0 unspecified atom stereocenters. The molecular formula is C28H46N2O2. The number of nitrogens with zero attached hydrogens (tertiary/aromatic N) is 1. The normalized spacial score (nSPS) is 12.0. The number of rotatable bonds is 17. The van der Waals surface area contributed by atoms with E-state index in [2.05, 4.69) is 41.5 Å². The van der Waals surface area contributed by atoms with Crippen LogP contribution in [0.4, 0.5) is 5.82 Å². The average molecular weight is 443 g/mol. The Labute approximate surface area is 196 Å². The molecule has 4 nitrogen and oxygen atoms in total. The van der Waals surface area contributed by atoms with Crippen LogP contribution in [0.3, 0.4) is 0 Å². The molecule has 1 aromatic heterocycles. The highest BCUT2D eigenvalue weighted by Gasteiger charge is 2.20. The highest BCUT2D eigenvalue weighted by molar-refractivity contribution is 5.94. The molecule has 180 valence electrons. The van der Waals surface area contributed by atoms with Crippen molar-refractivity contribution in [3.63, 3.8) is 0 Å². The molecule has 0 saturated carbocycles. The van der Waals surface area contributed by atoms with Crippen LogP contribution in [0, 0.1) is 0 Å². The Kier molecular flexibility index (Phi) is 15.2. The molecule has 0 aliphatic rings. The van der Waals surface area contributed by atoms with Gasteiger partial charge in [0.05, 0.1) is 0 Å². The van der Waals surface area contributed by atoms with Crippen molar-refractivity contribution in [1.29, 1.82) is 0 Å². The minimum atomic E-state index is -0.509. The van der Waals surface area contributed by atoms with E-state index in [0.717, 1.165) is 19.4 Å². The zero-order chi connectivity index (χ0) is 23.5. The van der Waals surface area contributed by atoms with Gasteiger partial charge in [0, 0.05) is 12.7 Å². The van der Waals surface area contributed by atoms with Crippen LogP contribution in [0.2, 0.25) is 0 Å². The first-order valence-corrected chi connectivity index (χ1v) is 12.7. The van der Waals surface area contributed by atoms with Crippen molar-refractivity contribution in [3.8, 4) is 0 Å². The summed E-state index contributed by atoms with van der Waals surface area (Å²) in [5.41, 5.74) is -0.00673. The number of hydrogen-bond acceptors (Lipinski definition) is 4. The lowest BCUT2D eigenvalue weighted by Gasteiger charge is -2.20. The summed E-state index contributed by atoms with van der Waals surface area (Å²) < 4.78 is 5.47. The number of nitrogens with one attached hydrogen (secondary N) is 1. The predicted octanol–water partition coefficient (Wildman–Crippen LogP) is 8.26. The van der Waals surface area contributed by atoms with Crippen molar-refractivity contribution in [1.82, 2.24) is 4.98 Å². The second-order valence-electron chi connectivity index (χ2n) is 9.41. The molecule has 0 aromatic carbocycles. The second-order valence-corrected chi connectivity index (χ2v) is 9.41. The van der Waals surface area contributed by atoms with Crippen molar-refractivity contribution < 1.29 is 9.53 Å². The molecule has 1 rings (SSSR count). The minimum Gasteiger partial charge on any atom is -0.456 e. The number of allylic oxidation sites excluding steroid dienone is 4. The Morgan fingerprint density at radius 2 is 1.56 bits per heavy atom. The summed E-state index contributed by atoms with van der Waals surface area (Å²) in [7, 11) is 0. The van der Waals surface area contributed by atoms with Gasteiger partial charge in [-0.25, -0.2) is 9.78 Å². The predicted molar refractivity (Wildman–Crippen MR) is 137 cm³/mol. The number of esters is 1. The van der Waals surface area contributed by atoms with E-state index in [1.807, 2.05) is 20.8 Å². The van der Waals surface area contributed by atoms with Gasteiger partial charge in [0.15, 0.2) is 0 Å². The van der Waals surface area contributed by atoms with Crippen LogP contribution in [0.25, 0.3) is 0 Å². The molecule has 0 fully saturated rings. The van der Waals surface area contributed by atoms with Gasteiger partial charge in [0.1, 0.15) is 17.0 Å². The lowest BCUT2D eigenvalue weighted by Crippen LogP contribution is -2.24. The molecule has 0 bridgehead atoms. The van der Waals surface area contributed by atoms with Crippen LogP contribution in [0.15, 0.2) is 42.6 Å². The summed E-state index contributed by atoms with van der Waals surface area (Å²) in [6, 6.07) is 3.53. The van der Waals surface area contributed by atoms with E-state index in [1.54, 1.807) is 18.3 Å². The first-order valence-electron chi connectivity index (χ1n) is 12.7. The van der Waals surface area contributed by atoms with E-state index < -0.39 is 5.60 Å². The van der Waals surface area contributed by atoms with Gasteiger partial charge in [-0.1, -0.05) is 69.8 Å². The van der Waals surface area contributed by atoms with Gasteiger partial charge < -0.3 is 10.1 Å². The Balaban J connectivity index is 2.06. The van der Waals surface area contributed by atoms with Crippen LogP contribution >= 0.6 is 0 Å². The molecule has 1 aromatic rings. The number of pyridine rings is 1. The summed E-state index contributed by atoms with van der Waals surface area (Å²) in [5.74, 6) is 0.287. The molecular weight excluding hydrogens is 396 g/mol. The minimum absolute atomic E-state index is 0.329. The molecule has 0 aliphatic heterocycles. The van der Waals surface area contributed by atoms with E-state index in [1.165, 1.54) is 64.2 Å². The van der Waals surface area contributed by atoms with Gasteiger partial charge in [-0.3, -0.25) is 0 Å². The van der Waals surface area contributed by atoms with Crippen molar-refractivity contribution >= 4 is 11.8 Å². The van der Waals surface area contributed by atoms with Gasteiger partial charge in [-0.05, 0) is 71.4 Å². The fourth-order valence-corrected chi connectivity index (χ4v) is 3.36. The highest BCUT2D eigenvalue weighted by atomic mass is 16.6. The van der Waals surface area contributed by atoms with E-state index >= 15 is 0 Å². The van der Waals surface area contributed by atoms with Gasteiger partial charge in [-0.2, -0.15) is 0 Å². The largest absolute Gasteiger partial charge is 0.456 e. The van der Waals surface area contributed by atoms with E-state index in [4.69, 9.17) is 4.74 Å². The van der Waals surface area contributed by atoms with Crippen LogP contribution < -0.4 is 5.32 Å². The Morgan fingerprint density at radius 3 is 2.22 bits per heavy atom. The number of anilines is 1. The summed E-state index contributed by atoms with van der Waals surface area (Å²) in [5, 5.41) is 3.30. The number of hydrogen-bond donors (Lipinski definition) is 1. The van der Waals surface area contributed by atoms with Crippen LogP contribution in [-0.2, 0) is 4.74 Å².